The minimum atomic E-state index is -4.29. The van der Waals surface area contributed by atoms with E-state index >= 15 is 0 Å². The largest absolute Gasteiger partial charge is 0.472 e. The Balaban J connectivity index is 4.12. The molecule has 0 aliphatic rings. The Morgan fingerprint density at radius 2 is 0.981 bits per heavy atom. The Bertz CT molecular complexity index is 1140. The molecule has 3 N–H and O–H groups in total. The van der Waals surface area contributed by atoms with Crippen molar-refractivity contribution in [3.05, 3.63) is 97.2 Å². The van der Waals surface area contributed by atoms with Gasteiger partial charge < -0.3 is 20.1 Å². The summed E-state index contributed by atoms with van der Waals surface area (Å²) < 4.78 is 33.3. The minimum Gasteiger partial charge on any atom is -0.457 e. The Labute approximate surface area is 330 Å². The molecule has 308 valence electrons. The summed E-state index contributed by atoms with van der Waals surface area (Å²) in [5.74, 6) is -0.370. The molecule has 0 aromatic rings. The highest BCUT2D eigenvalue weighted by Gasteiger charge is 2.25. The molecule has 0 aromatic heterocycles. The van der Waals surface area contributed by atoms with Gasteiger partial charge in [-0.25, -0.2) is 4.57 Å². The molecule has 0 rings (SSSR count). The number of ether oxygens (including phenoxy) is 2. The van der Waals surface area contributed by atoms with Crippen molar-refractivity contribution in [2.75, 3.05) is 33.0 Å². The first kappa shape index (κ1) is 51.4. The van der Waals surface area contributed by atoms with Crippen LogP contribution in [0.15, 0.2) is 97.2 Å². The fourth-order valence-electron chi connectivity index (χ4n) is 5.04. The van der Waals surface area contributed by atoms with Crippen LogP contribution in [0.25, 0.3) is 0 Å². The van der Waals surface area contributed by atoms with Crippen LogP contribution >= 0.6 is 7.82 Å². The van der Waals surface area contributed by atoms with Crippen LogP contribution in [0.1, 0.15) is 142 Å². The summed E-state index contributed by atoms with van der Waals surface area (Å²) in [6.07, 6.45) is 54.3. The Hall–Kier alpha value is -2.58. The van der Waals surface area contributed by atoms with Crippen LogP contribution in [0, 0.1) is 0 Å². The van der Waals surface area contributed by atoms with Crippen LogP contribution < -0.4 is 5.73 Å². The molecule has 0 aliphatic heterocycles. The molecule has 0 saturated carbocycles. The van der Waals surface area contributed by atoms with E-state index in [1.54, 1.807) is 0 Å². The molecule has 8 nitrogen and oxygen atoms in total. The SMILES string of the molecule is CC/C=C\C/C=C\C/C=C\C/C=C\C/C=C\CCCCCCCCOCC(COP(=O)(O)OCCN)OC(=O)CCCCC/C=C\C/C=C\C/C=C\CC. The fraction of sp³-hybridized carbons (Fsp3) is 0.622. The van der Waals surface area contributed by atoms with E-state index in [2.05, 4.69) is 111 Å². The number of carbonyl (C=O) groups is 1. The second-order valence-corrected chi connectivity index (χ2v) is 14.5. The van der Waals surface area contributed by atoms with Crippen molar-refractivity contribution in [1.29, 1.82) is 0 Å². The smallest absolute Gasteiger partial charge is 0.457 e. The minimum absolute atomic E-state index is 0.0868. The molecular weight excluding hydrogens is 697 g/mol. The van der Waals surface area contributed by atoms with Gasteiger partial charge in [-0.15, -0.1) is 0 Å². The van der Waals surface area contributed by atoms with E-state index in [1.165, 1.54) is 19.3 Å². The van der Waals surface area contributed by atoms with Crippen LogP contribution in [0.3, 0.4) is 0 Å². The highest BCUT2D eigenvalue weighted by molar-refractivity contribution is 7.47. The molecule has 2 atom stereocenters. The average Bonchev–Trinajstić information content (AvgIpc) is 3.16. The van der Waals surface area contributed by atoms with Gasteiger partial charge in [0.1, 0.15) is 6.10 Å². The lowest BCUT2D eigenvalue weighted by Gasteiger charge is -2.20. The topological polar surface area (TPSA) is 117 Å². The normalized spacial score (nSPS) is 14.5. The summed E-state index contributed by atoms with van der Waals surface area (Å²) in [4.78, 5) is 22.4. The first-order valence-corrected chi connectivity index (χ1v) is 22.2. The van der Waals surface area contributed by atoms with Gasteiger partial charge in [0, 0.05) is 19.6 Å². The standard InChI is InChI=1S/C45H76NO7P/c1-3-5-7-9-11-13-15-17-18-19-20-21-22-23-24-25-27-29-31-33-35-37-40-50-42-44(43-52-54(48,49)51-41-39-46)53-45(47)38-36-34-32-30-28-26-16-14-12-10-8-6-4-2/h5-8,11-14,17-18,20-21,23-24,26,28,44H,3-4,9-10,15-16,19,22,25,27,29-43,46H2,1-2H3,(H,48,49)/b7-5-,8-6-,13-11-,14-12-,18-17-,21-20-,24-23-,28-26-. The molecule has 0 radical (unpaired) electrons. The van der Waals surface area contributed by atoms with Gasteiger partial charge in [-0.3, -0.25) is 13.8 Å². The first-order valence-electron chi connectivity index (χ1n) is 20.7. The van der Waals surface area contributed by atoms with E-state index in [1.807, 2.05) is 0 Å². The number of carbonyl (C=O) groups excluding carboxylic acids is 1. The summed E-state index contributed by atoms with van der Waals surface area (Å²) in [5.41, 5.74) is 5.36. The van der Waals surface area contributed by atoms with E-state index in [-0.39, 0.29) is 38.8 Å². The van der Waals surface area contributed by atoms with E-state index in [0.29, 0.717) is 13.0 Å². The van der Waals surface area contributed by atoms with Crippen LogP contribution in [-0.4, -0.2) is 49.9 Å². The second kappa shape index (κ2) is 41.6. The zero-order valence-corrected chi connectivity index (χ0v) is 34.8. The van der Waals surface area contributed by atoms with E-state index < -0.39 is 13.9 Å². The average molecular weight is 774 g/mol. The van der Waals surface area contributed by atoms with Gasteiger partial charge in [0.2, 0.25) is 0 Å². The molecule has 0 aliphatic carbocycles. The highest BCUT2D eigenvalue weighted by Crippen LogP contribution is 2.43. The molecule has 54 heavy (non-hydrogen) atoms. The van der Waals surface area contributed by atoms with Gasteiger partial charge in [0.25, 0.3) is 0 Å². The number of hydrogen-bond donors (Lipinski definition) is 2. The molecule has 0 bridgehead atoms. The van der Waals surface area contributed by atoms with Crippen molar-refractivity contribution in [3.8, 4) is 0 Å². The number of phosphoric acid groups is 1. The number of nitrogens with two attached hydrogens (primary N) is 1. The third-order valence-corrected chi connectivity index (χ3v) is 8.98. The van der Waals surface area contributed by atoms with Gasteiger partial charge >= 0.3 is 13.8 Å². The van der Waals surface area contributed by atoms with Crippen molar-refractivity contribution in [3.63, 3.8) is 0 Å². The fourth-order valence-corrected chi connectivity index (χ4v) is 5.80. The molecule has 0 fully saturated rings. The van der Waals surface area contributed by atoms with Crippen LogP contribution in [0.4, 0.5) is 0 Å². The zero-order chi connectivity index (χ0) is 39.5. The van der Waals surface area contributed by atoms with E-state index in [4.69, 9.17) is 24.3 Å². The number of unbranched alkanes of at least 4 members (excludes halogenated alkanes) is 9. The van der Waals surface area contributed by atoms with Crippen molar-refractivity contribution in [2.24, 2.45) is 5.73 Å². The summed E-state index contributed by atoms with van der Waals surface area (Å²) in [7, 11) is -4.29. The predicted molar refractivity (Wildman–Crippen MR) is 228 cm³/mol. The third-order valence-electron chi connectivity index (χ3n) is 8.00. The molecule has 9 heteroatoms. The van der Waals surface area contributed by atoms with E-state index in [0.717, 1.165) is 96.3 Å². The molecule has 0 saturated heterocycles. The van der Waals surface area contributed by atoms with Gasteiger partial charge in [-0.05, 0) is 89.9 Å². The molecule has 0 aromatic carbocycles. The molecule has 0 spiro atoms. The maximum Gasteiger partial charge on any atom is 0.472 e. The highest BCUT2D eigenvalue weighted by atomic mass is 31.2. The summed E-state index contributed by atoms with van der Waals surface area (Å²) in [5, 5.41) is 0. The number of allylic oxidation sites excluding steroid dienone is 16. The number of hydrogen-bond acceptors (Lipinski definition) is 7. The summed E-state index contributed by atoms with van der Waals surface area (Å²) in [6, 6.07) is 0. The Morgan fingerprint density at radius 1 is 0.556 bits per heavy atom. The summed E-state index contributed by atoms with van der Waals surface area (Å²) in [6.45, 7) is 4.58. The third kappa shape index (κ3) is 40.6. The van der Waals surface area contributed by atoms with Crippen LogP contribution in [0.5, 0.6) is 0 Å². The lowest BCUT2D eigenvalue weighted by molar-refractivity contribution is -0.154. The van der Waals surface area contributed by atoms with Crippen molar-refractivity contribution >= 4 is 13.8 Å². The lowest BCUT2D eigenvalue weighted by Crippen LogP contribution is -2.28. The van der Waals surface area contributed by atoms with Crippen LogP contribution in [0.2, 0.25) is 0 Å². The van der Waals surface area contributed by atoms with Gasteiger partial charge in [-0.1, -0.05) is 143 Å². The Kier molecular flexibility index (Phi) is 39.6. The maximum absolute atomic E-state index is 12.5. The molecule has 0 heterocycles. The molecule has 2 unspecified atom stereocenters. The Morgan fingerprint density at radius 3 is 1.46 bits per heavy atom. The van der Waals surface area contributed by atoms with Crippen molar-refractivity contribution in [1.82, 2.24) is 0 Å². The zero-order valence-electron chi connectivity index (χ0n) is 33.9. The quantitative estimate of drug-likeness (QED) is 0.0276. The number of rotatable bonds is 38. The van der Waals surface area contributed by atoms with Gasteiger partial charge in [0.15, 0.2) is 0 Å². The molecular formula is C45H76NO7P. The summed E-state index contributed by atoms with van der Waals surface area (Å²) >= 11 is 0. The number of phosphoric ester groups is 1. The van der Waals surface area contributed by atoms with E-state index in [9.17, 15) is 14.3 Å². The lowest BCUT2D eigenvalue weighted by atomic mass is 10.1. The van der Waals surface area contributed by atoms with Crippen molar-refractivity contribution in [2.45, 2.75) is 148 Å². The van der Waals surface area contributed by atoms with Gasteiger partial charge in [-0.2, -0.15) is 0 Å². The monoisotopic (exact) mass is 774 g/mol. The van der Waals surface area contributed by atoms with Crippen molar-refractivity contribution < 1.29 is 32.8 Å². The maximum atomic E-state index is 12.5. The van der Waals surface area contributed by atoms with Gasteiger partial charge in [0.05, 0.1) is 19.8 Å². The molecule has 0 amide bonds. The van der Waals surface area contributed by atoms with Crippen LogP contribution in [-0.2, 0) is 27.9 Å². The first-order chi connectivity index (χ1) is 26.4. The second-order valence-electron chi connectivity index (χ2n) is 13.1. The predicted octanol–water partition coefficient (Wildman–Crippen LogP) is 12.3. The number of esters is 1.